The number of nitrogens with one attached hydrogen (secondary N) is 1. The molecule has 0 bridgehead atoms. The molecular formula is C19H15F6N3O. The SMILES string of the molecule is C=C/C(F)=C(Cn1cc(NC(=O)c2c(F)cccc2F)cn1)\C(=C/C)C(F)(F)F. The molecule has 0 atom stereocenters. The van der Waals surface area contributed by atoms with Crippen LogP contribution >= 0.6 is 0 Å². The summed E-state index contributed by atoms with van der Waals surface area (Å²) in [7, 11) is 0. The van der Waals surface area contributed by atoms with Gasteiger partial charge in [-0.2, -0.15) is 18.3 Å². The molecular weight excluding hydrogens is 400 g/mol. The Kier molecular flexibility index (Phi) is 6.68. The van der Waals surface area contributed by atoms with Gasteiger partial charge in [-0.1, -0.05) is 18.7 Å². The fourth-order valence-corrected chi connectivity index (χ4v) is 2.51. The van der Waals surface area contributed by atoms with Crippen LogP contribution < -0.4 is 5.32 Å². The highest BCUT2D eigenvalue weighted by atomic mass is 19.4. The van der Waals surface area contributed by atoms with Crippen LogP contribution in [0, 0.1) is 11.6 Å². The van der Waals surface area contributed by atoms with E-state index in [2.05, 4.69) is 17.0 Å². The van der Waals surface area contributed by atoms with Crippen molar-refractivity contribution in [1.29, 1.82) is 0 Å². The molecule has 0 radical (unpaired) electrons. The van der Waals surface area contributed by atoms with Gasteiger partial charge in [0.05, 0.1) is 24.0 Å². The Morgan fingerprint density at radius 2 is 1.90 bits per heavy atom. The molecule has 0 saturated heterocycles. The van der Waals surface area contributed by atoms with E-state index in [0.29, 0.717) is 12.2 Å². The second-order valence-electron chi connectivity index (χ2n) is 5.71. The number of alkyl halides is 3. The number of aromatic nitrogens is 2. The lowest BCUT2D eigenvalue weighted by Gasteiger charge is -2.15. The molecule has 10 heteroatoms. The topological polar surface area (TPSA) is 46.9 Å². The maximum absolute atomic E-state index is 14.0. The van der Waals surface area contributed by atoms with Gasteiger partial charge in [0.1, 0.15) is 23.0 Å². The number of anilines is 1. The van der Waals surface area contributed by atoms with Gasteiger partial charge in [-0.15, -0.1) is 0 Å². The summed E-state index contributed by atoms with van der Waals surface area (Å²) in [6, 6.07) is 2.87. The quantitative estimate of drug-likeness (QED) is 0.512. The summed E-state index contributed by atoms with van der Waals surface area (Å²) < 4.78 is 81.7. The average Bonchev–Trinajstić information content (AvgIpc) is 3.06. The molecule has 1 aromatic heterocycles. The number of benzene rings is 1. The Hall–Kier alpha value is -3.30. The second-order valence-corrected chi connectivity index (χ2v) is 5.71. The van der Waals surface area contributed by atoms with E-state index < -0.39 is 52.8 Å². The zero-order chi connectivity index (χ0) is 21.8. The van der Waals surface area contributed by atoms with Gasteiger partial charge in [0, 0.05) is 11.8 Å². The number of halogens is 6. The van der Waals surface area contributed by atoms with Gasteiger partial charge in [-0.25, -0.2) is 13.2 Å². The summed E-state index contributed by atoms with van der Waals surface area (Å²) in [5, 5.41) is 5.93. The van der Waals surface area contributed by atoms with Crippen molar-refractivity contribution in [2.24, 2.45) is 0 Å². The standard InChI is InChI=1S/C19H15F6N3O/c1-3-13(19(23,24)25)12(14(20)4-2)10-28-9-11(8-26-28)27-18(29)17-15(21)6-5-7-16(17)22/h3-9H,2,10H2,1H3,(H,27,29)/b13-3+,14-12+. The minimum absolute atomic E-state index is 0.0509. The van der Waals surface area contributed by atoms with Crippen LogP contribution in [0.1, 0.15) is 17.3 Å². The molecule has 2 rings (SSSR count). The Balaban J connectivity index is 2.27. The number of rotatable bonds is 6. The van der Waals surface area contributed by atoms with Crippen LogP contribution in [-0.2, 0) is 6.54 Å². The van der Waals surface area contributed by atoms with Gasteiger partial charge in [0.15, 0.2) is 0 Å². The van der Waals surface area contributed by atoms with Crippen molar-refractivity contribution in [3.8, 4) is 0 Å². The lowest BCUT2D eigenvalue weighted by atomic mass is 10.0. The molecule has 0 fully saturated rings. The van der Waals surface area contributed by atoms with E-state index in [1.54, 1.807) is 0 Å². The molecule has 0 aliphatic rings. The number of hydrogen-bond donors (Lipinski definition) is 1. The van der Waals surface area contributed by atoms with Crippen molar-refractivity contribution in [2.75, 3.05) is 5.32 Å². The van der Waals surface area contributed by atoms with Gasteiger partial charge in [-0.05, 0) is 25.1 Å². The van der Waals surface area contributed by atoms with Gasteiger partial charge in [0.25, 0.3) is 5.91 Å². The Labute approximate surface area is 161 Å². The van der Waals surface area contributed by atoms with Gasteiger partial charge in [0.2, 0.25) is 0 Å². The Bertz CT molecular complexity index is 968. The highest BCUT2D eigenvalue weighted by molar-refractivity contribution is 6.04. The molecule has 0 unspecified atom stereocenters. The largest absolute Gasteiger partial charge is 0.416 e. The van der Waals surface area contributed by atoms with Crippen LogP contribution in [0.4, 0.5) is 32.0 Å². The first-order chi connectivity index (χ1) is 13.6. The first-order valence-corrected chi connectivity index (χ1v) is 8.11. The molecule has 29 heavy (non-hydrogen) atoms. The van der Waals surface area contributed by atoms with Crippen molar-refractivity contribution >= 4 is 11.6 Å². The first kappa shape index (κ1) is 22.0. The third-order valence-electron chi connectivity index (χ3n) is 3.79. The van der Waals surface area contributed by atoms with Crippen LogP contribution in [0.25, 0.3) is 0 Å². The Morgan fingerprint density at radius 3 is 2.41 bits per heavy atom. The number of allylic oxidation sites excluding steroid dienone is 5. The van der Waals surface area contributed by atoms with Crippen molar-refractivity contribution < 1.29 is 31.1 Å². The van der Waals surface area contributed by atoms with Crippen molar-refractivity contribution in [1.82, 2.24) is 9.78 Å². The molecule has 0 aliphatic heterocycles. The normalized spacial score (nSPS) is 13.1. The minimum atomic E-state index is -4.81. The summed E-state index contributed by atoms with van der Waals surface area (Å²) in [6.45, 7) is 3.62. The lowest BCUT2D eigenvalue weighted by molar-refractivity contribution is -0.0900. The van der Waals surface area contributed by atoms with Crippen LogP contribution in [0.15, 0.2) is 66.3 Å². The molecule has 0 saturated carbocycles. The molecule has 0 aliphatic carbocycles. The van der Waals surface area contributed by atoms with E-state index in [1.165, 1.54) is 0 Å². The maximum Gasteiger partial charge on any atom is 0.416 e. The summed E-state index contributed by atoms with van der Waals surface area (Å²) >= 11 is 0. The van der Waals surface area contributed by atoms with Gasteiger partial charge in [-0.3, -0.25) is 9.48 Å². The number of amides is 1. The average molecular weight is 415 g/mol. The molecule has 2 aromatic rings. The van der Waals surface area contributed by atoms with Gasteiger partial charge >= 0.3 is 6.18 Å². The van der Waals surface area contributed by atoms with Crippen molar-refractivity contribution in [3.05, 3.63) is 83.5 Å². The van der Waals surface area contributed by atoms with E-state index in [4.69, 9.17) is 0 Å². The fraction of sp³-hybridized carbons (Fsp3) is 0.158. The van der Waals surface area contributed by atoms with Crippen LogP contribution in [0.5, 0.6) is 0 Å². The lowest BCUT2D eigenvalue weighted by Crippen LogP contribution is -2.18. The molecule has 154 valence electrons. The van der Waals surface area contributed by atoms with E-state index in [-0.39, 0.29) is 5.69 Å². The summed E-state index contributed by atoms with van der Waals surface area (Å²) in [5.74, 6) is -4.48. The van der Waals surface area contributed by atoms with Crippen LogP contribution in [0.2, 0.25) is 0 Å². The predicted molar refractivity (Wildman–Crippen MR) is 94.7 cm³/mol. The summed E-state index contributed by atoms with van der Waals surface area (Å²) in [6.07, 6.45) is -1.32. The molecule has 1 N–H and O–H groups in total. The molecule has 0 spiro atoms. The summed E-state index contributed by atoms with van der Waals surface area (Å²) in [5.41, 5.74) is -2.79. The van der Waals surface area contributed by atoms with E-state index >= 15 is 0 Å². The number of carbonyl (C=O) groups excluding carboxylic acids is 1. The highest BCUT2D eigenvalue weighted by Crippen LogP contribution is 2.34. The molecule has 1 aromatic carbocycles. The fourth-order valence-electron chi connectivity index (χ4n) is 2.51. The van der Waals surface area contributed by atoms with Gasteiger partial charge < -0.3 is 5.32 Å². The van der Waals surface area contributed by atoms with Crippen LogP contribution in [0.3, 0.4) is 0 Å². The maximum atomic E-state index is 14.0. The van der Waals surface area contributed by atoms with Crippen LogP contribution in [-0.4, -0.2) is 21.9 Å². The Morgan fingerprint density at radius 1 is 1.28 bits per heavy atom. The molecule has 4 nitrogen and oxygen atoms in total. The van der Waals surface area contributed by atoms with E-state index in [9.17, 15) is 31.1 Å². The highest BCUT2D eigenvalue weighted by Gasteiger charge is 2.36. The van der Waals surface area contributed by atoms with Crippen molar-refractivity contribution in [2.45, 2.75) is 19.6 Å². The zero-order valence-electron chi connectivity index (χ0n) is 15.0. The smallest absolute Gasteiger partial charge is 0.319 e. The predicted octanol–water partition coefficient (Wildman–Crippen LogP) is 5.33. The molecule has 1 amide bonds. The first-order valence-electron chi connectivity index (χ1n) is 8.11. The number of nitrogens with zero attached hydrogens (tertiary/aromatic N) is 2. The number of hydrogen-bond acceptors (Lipinski definition) is 2. The van der Waals surface area contributed by atoms with E-state index in [0.717, 1.165) is 42.2 Å². The molecule has 1 heterocycles. The second kappa shape index (κ2) is 8.80. The monoisotopic (exact) mass is 415 g/mol. The third kappa shape index (κ3) is 5.15. The minimum Gasteiger partial charge on any atom is -0.319 e. The third-order valence-corrected chi connectivity index (χ3v) is 3.79. The van der Waals surface area contributed by atoms with E-state index in [1.807, 2.05) is 0 Å². The van der Waals surface area contributed by atoms with Crippen molar-refractivity contribution in [3.63, 3.8) is 0 Å². The summed E-state index contributed by atoms with van der Waals surface area (Å²) in [4.78, 5) is 12.1. The zero-order valence-corrected chi connectivity index (χ0v) is 15.0. The number of carbonyl (C=O) groups is 1.